The van der Waals surface area contributed by atoms with Crippen molar-refractivity contribution in [2.75, 3.05) is 33.8 Å². The molecule has 0 aliphatic rings. The van der Waals surface area contributed by atoms with E-state index in [1.54, 1.807) is 0 Å². The Morgan fingerprint density at radius 3 is 2.81 bits per heavy atom. The van der Waals surface area contributed by atoms with Crippen LogP contribution in [0.25, 0.3) is 0 Å². The number of aliphatic imine (C=N–C) groups is 1. The maximum absolute atomic E-state index is 5.82. The topological polar surface area (TPSA) is 62.9 Å². The third-order valence-corrected chi connectivity index (χ3v) is 2.83. The number of hydrogen-bond acceptors (Lipinski definition) is 3. The number of likely N-dealkylation sites (N-methyl/N-ethyl adjacent to an activating group) is 1. The smallest absolute Gasteiger partial charge is 0.188 e. The van der Waals surface area contributed by atoms with Gasteiger partial charge in [-0.15, -0.1) is 0 Å². The molecule has 0 unspecified atom stereocenters. The number of nitrogens with one attached hydrogen (secondary N) is 1. The van der Waals surface area contributed by atoms with Gasteiger partial charge in [-0.2, -0.15) is 0 Å². The Labute approximate surface area is 128 Å². The molecule has 0 bridgehead atoms. The number of benzene rings is 1. The molecule has 0 saturated heterocycles. The monoisotopic (exact) mass is 292 g/mol. The maximum Gasteiger partial charge on any atom is 0.188 e. The highest BCUT2D eigenvalue weighted by molar-refractivity contribution is 5.77. The van der Waals surface area contributed by atoms with Crippen molar-refractivity contribution >= 4 is 5.96 Å². The van der Waals surface area contributed by atoms with Crippen molar-refractivity contribution < 1.29 is 4.74 Å². The van der Waals surface area contributed by atoms with E-state index < -0.39 is 0 Å². The molecule has 0 aliphatic carbocycles. The molecule has 5 nitrogen and oxygen atoms in total. The normalized spacial score (nSPS) is 12.0. The summed E-state index contributed by atoms with van der Waals surface area (Å²) >= 11 is 0. The molecule has 1 aromatic rings. The van der Waals surface area contributed by atoms with Gasteiger partial charge in [0.15, 0.2) is 5.96 Å². The first kappa shape index (κ1) is 17.3. The van der Waals surface area contributed by atoms with E-state index >= 15 is 0 Å². The van der Waals surface area contributed by atoms with Crippen LogP contribution in [-0.4, -0.2) is 44.7 Å². The highest BCUT2D eigenvalue weighted by Crippen LogP contribution is 2.14. The number of nitrogens with two attached hydrogens (primary N) is 1. The van der Waals surface area contributed by atoms with Gasteiger partial charge in [0.05, 0.1) is 6.54 Å². The average molecular weight is 292 g/mol. The molecule has 0 saturated carbocycles. The SMILES string of the molecule is CC(C)CNC(N)=NCc1cccc(OCCN(C)C)c1. The predicted octanol–water partition coefficient (Wildman–Crippen LogP) is 1.69. The Hall–Kier alpha value is -1.75. The van der Waals surface area contributed by atoms with Gasteiger partial charge in [-0.3, -0.25) is 0 Å². The summed E-state index contributed by atoms with van der Waals surface area (Å²) in [7, 11) is 4.06. The van der Waals surface area contributed by atoms with Crippen LogP contribution in [0.2, 0.25) is 0 Å². The molecule has 5 heteroatoms. The third kappa shape index (κ3) is 8.19. The third-order valence-electron chi connectivity index (χ3n) is 2.83. The number of nitrogens with zero attached hydrogens (tertiary/aromatic N) is 2. The van der Waals surface area contributed by atoms with Crippen LogP contribution in [0.5, 0.6) is 5.75 Å². The lowest BCUT2D eigenvalue weighted by Gasteiger charge is -2.11. The fourth-order valence-corrected chi connectivity index (χ4v) is 1.62. The summed E-state index contributed by atoms with van der Waals surface area (Å²) < 4.78 is 5.71. The van der Waals surface area contributed by atoms with E-state index in [9.17, 15) is 0 Å². The Bertz CT molecular complexity index is 444. The highest BCUT2D eigenvalue weighted by Gasteiger charge is 1.99. The lowest BCUT2D eigenvalue weighted by atomic mass is 10.2. The molecule has 0 aromatic heterocycles. The number of ether oxygens (including phenoxy) is 1. The van der Waals surface area contributed by atoms with E-state index in [1.165, 1.54) is 0 Å². The minimum absolute atomic E-state index is 0.489. The van der Waals surface area contributed by atoms with E-state index in [4.69, 9.17) is 10.5 Å². The van der Waals surface area contributed by atoms with Crippen molar-refractivity contribution in [1.29, 1.82) is 0 Å². The quantitative estimate of drug-likeness (QED) is 0.565. The zero-order chi connectivity index (χ0) is 15.7. The number of guanidine groups is 1. The molecule has 0 spiro atoms. The minimum atomic E-state index is 0.489. The molecule has 0 fully saturated rings. The summed E-state index contributed by atoms with van der Waals surface area (Å²) in [4.78, 5) is 6.43. The van der Waals surface area contributed by atoms with Crippen LogP contribution in [0.3, 0.4) is 0 Å². The fourth-order valence-electron chi connectivity index (χ4n) is 1.62. The van der Waals surface area contributed by atoms with Gasteiger partial charge in [0, 0.05) is 13.1 Å². The van der Waals surface area contributed by atoms with Gasteiger partial charge < -0.3 is 20.7 Å². The summed E-state index contributed by atoms with van der Waals surface area (Å²) in [5.41, 5.74) is 6.91. The predicted molar refractivity (Wildman–Crippen MR) is 88.7 cm³/mol. The molecule has 0 heterocycles. The zero-order valence-corrected chi connectivity index (χ0v) is 13.6. The van der Waals surface area contributed by atoms with Gasteiger partial charge in [0.25, 0.3) is 0 Å². The van der Waals surface area contributed by atoms with Crippen LogP contribution in [-0.2, 0) is 6.54 Å². The van der Waals surface area contributed by atoms with Gasteiger partial charge in [-0.25, -0.2) is 4.99 Å². The molecule has 3 N–H and O–H groups in total. The van der Waals surface area contributed by atoms with E-state index in [1.807, 2.05) is 38.4 Å². The Morgan fingerprint density at radius 1 is 1.38 bits per heavy atom. The van der Waals surface area contributed by atoms with Crippen LogP contribution >= 0.6 is 0 Å². The molecule has 1 rings (SSSR count). The van der Waals surface area contributed by atoms with Crippen molar-refractivity contribution in [2.45, 2.75) is 20.4 Å². The van der Waals surface area contributed by atoms with E-state index in [2.05, 4.69) is 29.1 Å². The largest absolute Gasteiger partial charge is 0.492 e. The maximum atomic E-state index is 5.82. The second-order valence-electron chi connectivity index (χ2n) is 5.78. The number of hydrogen-bond donors (Lipinski definition) is 2. The highest BCUT2D eigenvalue weighted by atomic mass is 16.5. The summed E-state index contributed by atoms with van der Waals surface area (Å²) in [5.74, 6) is 1.91. The van der Waals surface area contributed by atoms with Crippen molar-refractivity contribution in [3.8, 4) is 5.75 Å². The van der Waals surface area contributed by atoms with Crippen LogP contribution in [0, 0.1) is 5.92 Å². The summed E-state index contributed by atoms with van der Waals surface area (Å²) in [5, 5.41) is 3.10. The minimum Gasteiger partial charge on any atom is -0.492 e. The standard InChI is InChI=1S/C16H28N4O/c1-13(2)11-18-16(17)19-12-14-6-5-7-15(10-14)21-9-8-20(3)4/h5-7,10,13H,8-9,11-12H2,1-4H3,(H3,17,18,19). The summed E-state index contributed by atoms with van der Waals surface area (Å²) in [6.45, 7) is 7.24. The first-order valence-corrected chi connectivity index (χ1v) is 7.37. The molecule has 118 valence electrons. The molecular formula is C16H28N4O. The lowest BCUT2D eigenvalue weighted by molar-refractivity contribution is 0.261. The molecule has 0 atom stereocenters. The Morgan fingerprint density at radius 2 is 2.14 bits per heavy atom. The van der Waals surface area contributed by atoms with Crippen LogP contribution in [0.4, 0.5) is 0 Å². The molecule has 0 radical (unpaired) electrons. The van der Waals surface area contributed by atoms with Crippen LogP contribution < -0.4 is 15.8 Å². The molecule has 0 amide bonds. The van der Waals surface area contributed by atoms with Gasteiger partial charge in [0.2, 0.25) is 0 Å². The lowest BCUT2D eigenvalue weighted by Crippen LogP contribution is -2.34. The van der Waals surface area contributed by atoms with Gasteiger partial charge in [-0.05, 0) is 37.7 Å². The Kier molecular flexibility index (Phi) is 7.61. The second kappa shape index (κ2) is 9.23. The first-order valence-electron chi connectivity index (χ1n) is 7.37. The van der Waals surface area contributed by atoms with Crippen molar-refractivity contribution in [3.05, 3.63) is 29.8 Å². The van der Waals surface area contributed by atoms with Crippen molar-refractivity contribution in [1.82, 2.24) is 10.2 Å². The molecular weight excluding hydrogens is 264 g/mol. The Balaban J connectivity index is 2.46. The summed E-state index contributed by atoms with van der Waals surface area (Å²) in [6, 6.07) is 7.98. The van der Waals surface area contributed by atoms with Crippen molar-refractivity contribution in [2.24, 2.45) is 16.6 Å². The van der Waals surface area contributed by atoms with Gasteiger partial charge in [-0.1, -0.05) is 26.0 Å². The van der Waals surface area contributed by atoms with Gasteiger partial charge in [0.1, 0.15) is 12.4 Å². The zero-order valence-electron chi connectivity index (χ0n) is 13.6. The van der Waals surface area contributed by atoms with Crippen molar-refractivity contribution in [3.63, 3.8) is 0 Å². The average Bonchev–Trinajstić information content (AvgIpc) is 2.43. The van der Waals surface area contributed by atoms with Crippen LogP contribution in [0.15, 0.2) is 29.3 Å². The molecule has 0 aliphatic heterocycles. The summed E-state index contributed by atoms with van der Waals surface area (Å²) in [6.07, 6.45) is 0. The van der Waals surface area contributed by atoms with Gasteiger partial charge >= 0.3 is 0 Å². The second-order valence-corrected chi connectivity index (χ2v) is 5.78. The van der Waals surface area contributed by atoms with E-state index in [-0.39, 0.29) is 0 Å². The molecule has 1 aromatic carbocycles. The number of rotatable bonds is 8. The fraction of sp³-hybridized carbons (Fsp3) is 0.562. The van der Waals surface area contributed by atoms with E-state index in [0.717, 1.165) is 24.4 Å². The van der Waals surface area contributed by atoms with Crippen LogP contribution in [0.1, 0.15) is 19.4 Å². The first-order chi connectivity index (χ1) is 9.97. The van der Waals surface area contributed by atoms with E-state index in [0.29, 0.717) is 25.0 Å². The molecule has 21 heavy (non-hydrogen) atoms.